The predicted molar refractivity (Wildman–Crippen MR) is 85.9 cm³/mol. The van der Waals surface area contributed by atoms with E-state index in [0.717, 1.165) is 10.1 Å². The minimum atomic E-state index is -0.206. The minimum Gasteiger partial charge on any atom is -0.320 e. The summed E-state index contributed by atoms with van der Waals surface area (Å²) in [5.74, 6) is -0.206. The third-order valence-corrected chi connectivity index (χ3v) is 4.42. The van der Waals surface area contributed by atoms with Gasteiger partial charge in [0, 0.05) is 4.70 Å². The van der Waals surface area contributed by atoms with Crippen LogP contribution in [0.5, 0.6) is 0 Å². The molecule has 1 amide bonds. The number of carbonyl (C=O) groups excluding carboxylic acids is 1. The third-order valence-electron chi connectivity index (χ3n) is 3.00. The molecule has 102 valence electrons. The van der Waals surface area contributed by atoms with Gasteiger partial charge in [-0.05, 0) is 35.7 Å². The Kier molecular flexibility index (Phi) is 3.61. The van der Waals surface area contributed by atoms with Crippen LogP contribution in [0.1, 0.15) is 15.2 Å². The summed E-state index contributed by atoms with van der Waals surface area (Å²) >= 11 is 7.49. The van der Waals surface area contributed by atoms with E-state index in [4.69, 9.17) is 16.9 Å². The monoisotopic (exact) mass is 312 g/mol. The van der Waals surface area contributed by atoms with Gasteiger partial charge in [-0.1, -0.05) is 29.8 Å². The van der Waals surface area contributed by atoms with E-state index in [1.165, 1.54) is 17.4 Å². The van der Waals surface area contributed by atoms with Gasteiger partial charge in [-0.15, -0.1) is 11.3 Å². The van der Waals surface area contributed by atoms with Crippen molar-refractivity contribution in [3.63, 3.8) is 0 Å². The van der Waals surface area contributed by atoms with Crippen LogP contribution >= 0.6 is 22.9 Å². The Balaban J connectivity index is 1.88. The van der Waals surface area contributed by atoms with Crippen LogP contribution in [0.25, 0.3) is 10.1 Å². The minimum absolute atomic E-state index is 0.206. The molecule has 0 bridgehead atoms. The number of anilines is 1. The largest absolute Gasteiger partial charge is 0.320 e. The van der Waals surface area contributed by atoms with Crippen molar-refractivity contribution in [1.82, 2.24) is 0 Å². The Labute approximate surface area is 130 Å². The quantitative estimate of drug-likeness (QED) is 0.747. The summed E-state index contributed by atoms with van der Waals surface area (Å²) in [4.78, 5) is 12.9. The van der Waals surface area contributed by atoms with Crippen LogP contribution in [0, 0.1) is 11.3 Å². The lowest BCUT2D eigenvalue weighted by atomic mass is 10.2. The van der Waals surface area contributed by atoms with E-state index < -0.39 is 0 Å². The zero-order chi connectivity index (χ0) is 14.8. The maximum Gasteiger partial charge on any atom is 0.265 e. The van der Waals surface area contributed by atoms with Crippen molar-refractivity contribution in [2.45, 2.75) is 0 Å². The first-order valence-electron chi connectivity index (χ1n) is 6.17. The first-order valence-corrected chi connectivity index (χ1v) is 7.36. The number of nitrogens with one attached hydrogen (secondary N) is 1. The lowest BCUT2D eigenvalue weighted by molar-refractivity contribution is 0.103. The van der Waals surface area contributed by atoms with Crippen molar-refractivity contribution in [3.8, 4) is 6.07 Å². The molecule has 0 aliphatic heterocycles. The van der Waals surface area contributed by atoms with Crippen LogP contribution in [0.2, 0.25) is 5.02 Å². The summed E-state index contributed by atoms with van der Waals surface area (Å²) < 4.78 is 1.06. The molecule has 1 N–H and O–H groups in total. The van der Waals surface area contributed by atoms with Gasteiger partial charge in [0.05, 0.1) is 27.2 Å². The normalized spacial score (nSPS) is 10.3. The molecule has 2 aromatic carbocycles. The molecule has 3 aromatic rings. The predicted octanol–water partition coefficient (Wildman–Crippen LogP) is 4.68. The zero-order valence-corrected chi connectivity index (χ0v) is 12.3. The summed E-state index contributed by atoms with van der Waals surface area (Å²) in [6, 6.07) is 16.5. The first-order chi connectivity index (χ1) is 10.2. The van der Waals surface area contributed by atoms with Crippen molar-refractivity contribution in [2.75, 3.05) is 5.32 Å². The van der Waals surface area contributed by atoms with Gasteiger partial charge in [-0.25, -0.2) is 0 Å². The molecule has 21 heavy (non-hydrogen) atoms. The third kappa shape index (κ3) is 2.75. The smallest absolute Gasteiger partial charge is 0.265 e. The fourth-order valence-corrected chi connectivity index (χ4v) is 3.15. The van der Waals surface area contributed by atoms with E-state index >= 15 is 0 Å². The van der Waals surface area contributed by atoms with E-state index in [1.54, 1.807) is 12.1 Å². The second kappa shape index (κ2) is 5.57. The number of hydrogen-bond donors (Lipinski definition) is 1. The highest BCUT2D eigenvalue weighted by Gasteiger charge is 2.12. The molecule has 3 nitrogen and oxygen atoms in total. The Bertz CT molecular complexity index is 846. The molecule has 0 atom stereocenters. The zero-order valence-electron chi connectivity index (χ0n) is 10.8. The number of fused-ring (bicyclic) bond motifs is 1. The lowest BCUT2D eigenvalue weighted by Crippen LogP contribution is -2.10. The van der Waals surface area contributed by atoms with E-state index in [1.807, 2.05) is 36.4 Å². The second-order valence-corrected chi connectivity index (χ2v) is 5.90. The lowest BCUT2D eigenvalue weighted by Gasteiger charge is -2.05. The van der Waals surface area contributed by atoms with Gasteiger partial charge < -0.3 is 5.32 Å². The van der Waals surface area contributed by atoms with Crippen LogP contribution in [-0.4, -0.2) is 5.91 Å². The van der Waals surface area contributed by atoms with Crippen LogP contribution in [-0.2, 0) is 0 Å². The van der Waals surface area contributed by atoms with Crippen molar-refractivity contribution in [2.24, 2.45) is 0 Å². The van der Waals surface area contributed by atoms with Crippen molar-refractivity contribution < 1.29 is 4.79 Å². The van der Waals surface area contributed by atoms with Gasteiger partial charge in [0.2, 0.25) is 0 Å². The average molecular weight is 313 g/mol. The van der Waals surface area contributed by atoms with E-state index in [9.17, 15) is 4.79 Å². The molecule has 0 unspecified atom stereocenters. The number of benzene rings is 2. The molecule has 0 fully saturated rings. The van der Waals surface area contributed by atoms with Gasteiger partial charge in [-0.2, -0.15) is 5.26 Å². The van der Waals surface area contributed by atoms with Crippen molar-refractivity contribution >= 4 is 44.6 Å². The highest BCUT2D eigenvalue weighted by atomic mass is 35.5. The second-order valence-electron chi connectivity index (χ2n) is 4.41. The highest BCUT2D eigenvalue weighted by molar-refractivity contribution is 7.20. The highest BCUT2D eigenvalue weighted by Crippen LogP contribution is 2.28. The van der Waals surface area contributed by atoms with Gasteiger partial charge in [0.1, 0.15) is 0 Å². The molecule has 3 rings (SSSR count). The molecule has 0 saturated heterocycles. The summed E-state index contributed by atoms with van der Waals surface area (Å²) in [5.41, 5.74) is 0.956. The number of carbonyl (C=O) groups is 1. The maximum absolute atomic E-state index is 12.3. The molecule has 0 saturated carbocycles. The SMILES string of the molecule is N#Cc1ccc(NC(=O)c2cc3ccccc3s2)c(Cl)c1. The molecule has 0 spiro atoms. The van der Waals surface area contributed by atoms with Crippen molar-refractivity contribution in [1.29, 1.82) is 5.26 Å². The molecule has 0 aliphatic rings. The first kappa shape index (κ1) is 13.6. The fraction of sp³-hybridized carbons (Fsp3) is 0. The van der Waals surface area contributed by atoms with Crippen LogP contribution < -0.4 is 5.32 Å². The Hall–Kier alpha value is -2.35. The Morgan fingerprint density at radius 1 is 1.19 bits per heavy atom. The van der Waals surface area contributed by atoms with Crippen molar-refractivity contribution in [3.05, 3.63) is 64.0 Å². The number of amides is 1. The summed E-state index contributed by atoms with van der Waals surface area (Å²) in [6.45, 7) is 0. The number of nitriles is 1. The molecular weight excluding hydrogens is 304 g/mol. The molecule has 1 aromatic heterocycles. The number of halogens is 1. The Morgan fingerprint density at radius 2 is 2.00 bits per heavy atom. The van der Waals surface area contributed by atoms with Crippen LogP contribution in [0.4, 0.5) is 5.69 Å². The molecule has 0 radical (unpaired) electrons. The Morgan fingerprint density at radius 3 is 2.71 bits per heavy atom. The standard InChI is InChI=1S/C16H9ClN2OS/c17-12-7-10(9-18)5-6-13(12)19-16(20)15-8-11-3-1-2-4-14(11)21-15/h1-8H,(H,19,20). The number of nitrogens with zero attached hydrogens (tertiary/aromatic N) is 1. The summed E-state index contributed by atoms with van der Waals surface area (Å²) in [6.07, 6.45) is 0. The number of hydrogen-bond acceptors (Lipinski definition) is 3. The number of rotatable bonds is 2. The van der Waals surface area contributed by atoms with Crippen LogP contribution in [0.3, 0.4) is 0 Å². The maximum atomic E-state index is 12.3. The molecule has 5 heteroatoms. The van der Waals surface area contributed by atoms with Crippen LogP contribution in [0.15, 0.2) is 48.5 Å². The summed E-state index contributed by atoms with van der Waals surface area (Å²) in [5, 5.41) is 13.0. The van der Waals surface area contributed by atoms with E-state index in [0.29, 0.717) is 21.2 Å². The van der Waals surface area contributed by atoms with Gasteiger partial charge >= 0.3 is 0 Å². The number of thiophene rings is 1. The topological polar surface area (TPSA) is 52.9 Å². The average Bonchev–Trinajstić information content (AvgIpc) is 2.93. The molecular formula is C16H9ClN2OS. The molecule has 0 aliphatic carbocycles. The summed E-state index contributed by atoms with van der Waals surface area (Å²) in [7, 11) is 0. The van der Waals surface area contributed by atoms with Gasteiger partial charge in [0.15, 0.2) is 0 Å². The van der Waals surface area contributed by atoms with E-state index in [2.05, 4.69) is 5.32 Å². The fourth-order valence-electron chi connectivity index (χ4n) is 1.96. The molecule has 1 heterocycles. The van der Waals surface area contributed by atoms with Gasteiger partial charge in [0.25, 0.3) is 5.91 Å². The van der Waals surface area contributed by atoms with E-state index in [-0.39, 0.29) is 5.91 Å². The van der Waals surface area contributed by atoms with Gasteiger partial charge in [-0.3, -0.25) is 4.79 Å².